The van der Waals surface area contributed by atoms with Crippen molar-refractivity contribution >= 4 is 16.9 Å². The van der Waals surface area contributed by atoms with Gasteiger partial charge in [-0.25, -0.2) is 4.68 Å². The zero-order valence-electron chi connectivity index (χ0n) is 17.1. The number of carbonyl (C=O) groups is 1. The fraction of sp³-hybridized carbons (Fsp3) is 0.435. The molecule has 0 saturated carbocycles. The van der Waals surface area contributed by atoms with Crippen LogP contribution >= 0.6 is 0 Å². The SMILES string of the molecule is Cc1ccccc1Cn1nnc2cc(C(=O)NCCCN3CCCCC3)ccc21. The summed E-state index contributed by atoms with van der Waals surface area (Å²) in [5, 5.41) is 11.6. The van der Waals surface area contributed by atoms with E-state index in [1.807, 2.05) is 35.0 Å². The molecule has 6 nitrogen and oxygen atoms in total. The van der Waals surface area contributed by atoms with E-state index in [4.69, 9.17) is 0 Å². The number of fused-ring (bicyclic) bond motifs is 1. The molecular formula is C23H29N5O. The van der Waals surface area contributed by atoms with Crippen molar-refractivity contribution in [1.82, 2.24) is 25.2 Å². The molecule has 0 radical (unpaired) electrons. The number of likely N-dealkylation sites (tertiary alicyclic amines) is 1. The van der Waals surface area contributed by atoms with E-state index in [9.17, 15) is 4.79 Å². The predicted molar refractivity (Wildman–Crippen MR) is 115 cm³/mol. The standard InChI is InChI=1S/C23H29N5O/c1-18-8-3-4-9-20(18)17-28-22-11-10-19(16-21(22)25-26-28)23(29)24-12-7-15-27-13-5-2-6-14-27/h3-4,8-11,16H,2,5-7,12-15,17H2,1H3,(H,24,29). The Morgan fingerprint density at radius 3 is 2.76 bits per heavy atom. The van der Waals surface area contributed by atoms with E-state index in [1.165, 1.54) is 43.5 Å². The number of amides is 1. The third-order valence-electron chi connectivity index (χ3n) is 5.74. The number of benzene rings is 2. The number of nitrogens with one attached hydrogen (secondary N) is 1. The van der Waals surface area contributed by atoms with Crippen LogP contribution < -0.4 is 5.32 Å². The number of aromatic nitrogens is 3. The Kier molecular flexibility index (Phi) is 6.20. The maximum atomic E-state index is 12.5. The summed E-state index contributed by atoms with van der Waals surface area (Å²) in [5.74, 6) is -0.0426. The molecule has 0 bridgehead atoms. The Balaban J connectivity index is 1.35. The zero-order chi connectivity index (χ0) is 20.1. The smallest absolute Gasteiger partial charge is 0.251 e. The Bertz CT molecular complexity index is 974. The van der Waals surface area contributed by atoms with Gasteiger partial charge in [-0.2, -0.15) is 0 Å². The molecule has 1 aliphatic rings. The monoisotopic (exact) mass is 391 g/mol. The quantitative estimate of drug-likeness (QED) is 0.627. The van der Waals surface area contributed by atoms with Gasteiger partial charge in [-0.3, -0.25) is 4.79 Å². The normalized spacial score (nSPS) is 14.9. The van der Waals surface area contributed by atoms with Gasteiger partial charge in [0.1, 0.15) is 5.52 Å². The van der Waals surface area contributed by atoms with Crippen LogP contribution in [0.4, 0.5) is 0 Å². The van der Waals surface area contributed by atoms with Crippen molar-refractivity contribution < 1.29 is 4.79 Å². The van der Waals surface area contributed by atoms with Crippen molar-refractivity contribution in [3.8, 4) is 0 Å². The molecule has 152 valence electrons. The molecule has 29 heavy (non-hydrogen) atoms. The molecule has 2 aromatic carbocycles. The summed E-state index contributed by atoms with van der Waals surface area (Å²) in [6.45, 7) is 6.93. The minimum atomic E-state index is -0.0426. The molecule has 6 heteroatoms. The van der Waals surface area contributed by atoms with Crippen molar-refractivity contribution in [2.75, 3.05) is 26.2 Å². The second-order valence-corrected chi connectivity index (χ2v) is 7.89. The van der Waals surface area contributed by atoms with Crippen molar-refractivity contribution in [2.24, 2.45) is 0 Å². The highest BCUT2D eigenvalue weighted by Crippen LogP contribution is 2.16. The number of rotatable bonds is 7. The van der Waals surface area contributed by atoms with E-state index in [0.29, 0.717) is 18.7 Å². The van der Waals surface area contributed by atoms with Crippen LogP contribution in [0.5, 0.6) is 0 Å². The first kappa shape index (κ1) is 19.6. The molecule has 3 aromatic rings. The van der Waals surface area contributed by atoms with Gasteiger partial charge in [-0.05, 0) is 75.1 Å². The fourth-order valence-corrected chi connectivity index (χ4v) is 3.97. The summed E-state index contributed by atoms with van der Waals surface area (Å²) in [6.07, 6.45) is 4.94. The first-order chi connectivity index (χ1) is 14.2. The van der Waals surface area contributed by atoms with E-state index >= 15 is 0 Å². The Morgan fingerprint density at radius 2 is 1.93 bits per heavy atom. The third-order valence-corrected chi connectivity index (χ3v) is 5.74. The number of nitrogens with zero attached hydrogens (tertiary/aromatic N) is 4. The zero-order valence-corrected chi connectivity index (χ0v) is 17.1. The topological polar surface area (TPSA) is 63.1 Å². The molecule has 0 spiro atoms. The Hall–Kier alpha value is -2.73. The van der Waals surface area contributed by atoms with Crippen LogP contribution in [0.1, 0.15) is 47.2 Å². The van der Waals surface area contributed by atoms with Crippen LogP contribution in [0.3, 0.4) is 0 Å². The maximum Gasteiger partial charge on any atom is 0.251 e. The van der Waals surface area contributed by atoms with Crippen LogP contribution in [-0.4, -0.2) is 52.0 Å². The number of aryl methyl sites for hydroxylation is 1. The van der Waals surface area contributed by atoms with Gasteiger partial charge < -0.3 is 10.2 Å². The lowest BCUT2D eigenvalue weighted by Gasteiger charge is -2.26. The van der Waals surface area contributed by atoms with E-state index in [0.717, 1.165) is 24.0 Å². The third kappa shape index (κ3) is 4.82. The van der Waals surface area contributed by atoms with E-state index in [1.54, 1.807) is 0 Å². The van der Waals surface area contributed by atoms with E-state index < -0.39 is 0 Å². The molecule has 4 rings (SSSR count). The van der Waals surface area contributed by atoms with Crippen LogP contribution in [0.15, 0.2) is 42.5 Å². The molecule has 1 amide bonds. The average molecular weight is 392 g/mol. The van der Waals surface area contributed by atoms with Gasteiger partial charge >= 0.3 is 0 Å². The second-order valence-electron chi connectivity index (χ2n) is 7.89. The summed E-state index contributed by atoms with van der Waals surface area (Å²) in [4.78, 5) is 15.0. The van der Waals surface area contributed by atoms with Crippen molar-refractivity contribution in [3.63, 3.8) is 0 Å². The molecule has 0 aliphatic carbocycles. The molecule has 1 N–H and O–H groups in total. The van der Waals surface area contributed by atoms with Gasteiger partial charge in [-0.1, -0.05) is 35.9 Å². The summed E-state index contributed by atoms with van der Waals surface area (Å²) >= 11 is 0. The highest BCUT2D eigenvalue weighted by Gasteiger charge is 2.12. The van der Waals surface area contributed by atoms with Gasteiger partial charge in [-0.15, -0.1) is 5.10 Å². The van der Waals surface area contributed by atoms with Gasteiger partial charge in [0.05, 0.1) is 12.1 Å². The van der Waals surface area contributed by atoms with E-state index in [2.05, 4.69) is 39.6 Å². The first-order valence-corrected chi connectivity index (χ1v) is 10.6. The number of carbonyl (C=O) groups excluding carboxylic acids is 1. The van der Waals surface area contributed by atoms with Crippen LogP contribution in [0.2, 0.25) is 0 Å². The van der Waals surface area contributed by atoms with Gasteiger partial charge in [0.25, 0.3) is 5.91 Å². The largest absolute Gasteiger partial charge is 0.352 e. The lowest BCUT2D eigenvalue weighted by molar-refractivity contribution is 0.0951. The minimum absolute atomic E-state index is 0.0426. The molecule has 0 unspecified atom stereocenters. The fourth-order valence-electron chi connectivity index (χ4n) is 3.97. The van der Waals surface area contributed by atoms with Crippen molar-refractivity contribution in [2.45, 2.75) is 39.2 Å². The molecule has 1 saturated heterocycles. The second kappa shape index (κ2) is 9.18. The number of hydrogen-bond acceptors (Lipinski definition) is 4. The predicted octanol–water partition coefficient (Wildman–Crippen LogP) is 3.39. The summed E-state index contributed by atoms with van der Waals surface area (Å²) in [5.41, 5.74) is 4.78. The molecule has 1 fully saturated rings. The van der Waals surface area contributed by atoms with Crippen molar-refractivity contribution in [3.05, 3.63) is 59.2 Å². The van der Waals surface area contributed by atoms with Gasteiger partial charge in [0, 0.05) is 12.1 Å². The first-order valence-electron chi connectivity index (χ1n) is 10.6. The Morgan fingerprint density at radius 1 is 1.10 bits per heavy atom. The minimum Gasteiger partial charge on any atom is -0.352 e. The lowest BCUT2D eigenvalue weighted by atomic mass is 10.1. The highest BCUT2D eigenvalue weighted by atomic mass is 16.1. The number of hydrogen-bond donors (Lipinski definition) is 1. The number of piperidine rings is 1. The van der Waals surface area contributed by atoms with Crippen LogP contribution in [0.25, 0.3) is 11.0 Å². The Labute approximate surface area is 171 Å². The van der Waals surface area contributed by atoms with Gasteiger partial charge in [0.15, 0.2) is 0 Å². The van der Waals surface area contributed by atoms with Gasteiger partial charge in [0.2, 0.25) is 0 Å². The van der Waals surface area contributed by atoms with Crippen molar-refractivity contribution in [1.29, 1.82) is 0 Å². The molecular weight excluding hydrogens is 362 g/mol. The molecule has 1 aliphatic heterocycles. The van der Waals surface area contributed by atoms with Crippen LogP contribution in [-0.2, 0) is 6.54 Å². The summed E-state index contributed by atoms with van der Waals surface area (Å²) in [6, 6.07) is 13.9. The maximum absolute atomic E-state index is 12.5. The molecule has 1 aromatic heterocycles. The summed E-state index contributed by atoms with van der Waals surface area (Å²) < 4.78 is 1.89. The highest BCUT2D eigenvalue weighted by molar-refractivity contribution is 5.97. The average Bonchev–Trinajstić information content (AvgIpc) is 3.15. The lowest BCUT2D eigenvalue weighted by Crippen LogP contribution is -2.33. The van der Waals surface area contributed by atoms with Crippen LogP contribution in [0, 0.1) is 6.92 Å². The molecule has 2 heterocycles. The van der Waals surface area contributed by atoms with E-state index in [-0.39, 0.29) is 5.91 Å². The summed E-state index contributed by atoms with van der Waals surface area (Å²) in [7, 11) is 0. The molecule has 0 atom stereocenters.